The second-order valence-electron chi connectivity index (χ2n) is 5.68. The highest BCUT2D eigenvalue weighted by atomic mass is 35.5. The molecule has 1 aromatic carbocycles. The molecule has 1 unspecified atom stereocenters. The molecule has 0 bridgehead atoms. The van der Waals surface area contributed by atoms with Crippen molar-refractivity contribution in [1.82, 2.24) is 15.1 Å². The Morgan fingerprint density at radius 3 is 2.96 bits per heavy atom. The van der Waals surface area contributed by atoms with Crippen LogP contribution in [-0.2, 0) is 4.79 Å². The molecule has 1 saturated heterocycles. The van der Waals surface area contributed by atoms with Gasteiger partial charge in [-0.2, -0.15) is 4.98 Å². The van der Waals surface area contributed by atoms with Gasteiger partial charge in [0.15, 0.2) is 5.82 Å². The van der Waals surface area contributed by atoms with Crippen LogP contribution in [0.25, 0.3) is 11.4 Å². The largest absolute Gasteiger partial charge is 0.339 e. The number of hydrogen-bond donors (Lipinski definition) is 0. The zero-order chi connectivity index (χ0) is 17.4. The van der Waals surface area contributed by atoms with Crippen LogP contribution in [0.5, 0.6) is 0 Å². The van der Waals surface area contributed by atoms with Gasteiger partial charge in [-0.05, 0) is 24.3 Å². The normalized spacial score (nSPS) is 17.3. The molecule has 2 aromatic heterocycles. The Kier molecular flexibility index (Phi) is 3.93. The lowest BCUT2D eigenvalue weighted by atomic mass is 10.1. The molecule has 4 rings (SSSR count). The van der Waals surface area contributed by atoms with E-state index in [4.69, 9.17) is 16.1 Å². The molecule has 126 valence electrons. The lowest BCUT2D eigenvalue weighted by Crippen LogP contribution is -2.25. The van der Waals surface area contributed by atoms with E-state index in [-0.39, 0.29) is 35.5 Å². The third-order valence-electron chi connectivity index (χ3n) is 4.06. The molecular weight excluding hydrogens is 347 g/mol. The molecule has 1 aliphatic rings. The lowest BCUT2D eigenvalue weighted by Gasteiger charge is -2.17. The Bertz CT molecular complexity index is 931. The van der Waals surface area contributed by atoms with Crippen LogP contribution in [0.3, 0.4) is 0 Å². The van der Waals surface area contributed by atoms with Crippen molar-refractivity contribution < 1.29 is 13.7 Å². The van der Waals surface area contributed by atoms with E-state index >= 15 is 0 Å². The van der Waals surface area contributed by atoms with E-state index in [0.717, 1.165) is 5.56 Å². The van der Waals surface area contributed by atoms with Crippen molar-refractivity contribution >= 4 is 23.2 Å². The van der Waals surface area contributed by atoms with Crippen LogP contribution in [0, 0.1) is 5.82 Å². The molecule has 3 aromatic rings. The molecular formula is C17H12ClFN4O2. The SMILES string of the molecule is O=C1CC(c2nc(-c3cccnc3)no2)CN1c1cccc(Cl)c1F. The minimum Gasteiger partial charge on any atom is -0.339 e. The van der Waals surface area contributed by atoms with E-state index in [1.165, 1.54) is 17.0 Å². The number of hydrogen-bond acceptors (Lipinski definition) is 5. The fourth-order valence-electron chi connectivity index (χ4n) is 2.82. The lowest BCUT2D eigenvalue weighted by molar-refractivity contribution is -0.117. The molecule has 0 radical (unpaired) electrons. The second-order valence-corrected chi connectivity index (χ2v) is 6.08. The first-order valence-corrected chi connectivity index (χ1v) is 7.99. The van der Waals surface area contributed by atoms with Crippen molar-refractivity contribution in [3.8, 4) is 11.4 Å². The molecule has 0 N–H and O–H groups in total. The maximum Gasteiger partial charge on any atom is 0.232 e. The van der Waals surface area contributed by atoms with Crippen molar-refractivity contribution in [2.24, 2.45) is 0 Å². The third kappa shape index (κ3) is 2.87. The summed E-state index contributed by atoms with van der Waals surface area (Å²) < 4.78 is 19.5. The first kappa shape index (κ1) is 15.7. The first-order valence-electron chi connectivity index (χ1n) is 7.62. The minimum atomic E-state index is -0.611. The molecule has 25 heavy (non-hydrogen) atoms. The van der Waals surface area contributed by atoms with Crippen molar-refractivity contribution in [2.45, 2.75) is 12.3 Å². The van der Waals surface area contributed by atoms with Gasteiger partial charge in [-0.3, -0.25) is 9.78 Å². The molecule has 1 aliphatic heterocycles. The van der Waals surface area contributed by atoms with Gasteiger partial charge in [0.25, 0.3) is 0 Å². The second kappa shape index (κ2) is 6.25. The summed E-state index contributed by atoms with van der Waals surface area (Å²) in [5.74, 6) is -0.379. The molecule has 3 heterocycles. The van der Waals surface area contributed by atoms with E-state index in [9.17, 15) is 9.18 Å². The summed E-state index contributed by atoms with van der Waals surface area (Å²) in [6.07, 6.45) is 3.44. The van der Waals surface area contributed by atoms with Crippen LogP contribution in [-0.4, -0.2) is 27.6 Å². The number of nitrogens with zero attached hydrogens (tertiary/aromatic N) is 4. The smallest absolute Gasteiger partial charge is 0.232 e. The molecule has 0 aliphatic carbocycles. The zero-order valence-electron chi connectivity index (χ0n) is 12.9. The molecule has 0 saturated carbocycles. The summed E-state index contributed by atoms with van der Waals surface area (Å²) in [6, 6.07) is 8.16. The molecule has 6 nitrogen and oxygen atoms in total. The Morgan fingerprint density at radius 2 is 2.16 bits per heavy atom. The van der Waals surface area contributed by atoms with Crippen LogP contribution in [0.1, 0.15) is 18.2 Å². The fourth-order valence-corrected chi connectivity index (χ4v) is 2.99. The molecule has 1 amide bonds. The molecule has 1 fully saturated rings. The average Bonchev–Trinajstić information content (AvgIpc) is 3.25. The Morgan fingerprint density at radius 1 is 1.28 bits per heavy atom. The standard InChI is InChI=1S/C17H12ClFN4O2/c18-12-4-1-5-13(15(12)19)23-9-11(7-14(23)24)17-21-16(22-25-17)10-3-2-6-20-8-10/h1-6,8,11H,7,9H2. The summed E-state index contributed by atoms with van der Waals surface area (Å²) in [6.45, 7) is 0.255. The van der Waals surface area contributed by atoms with Crippen LogP contribution in [0.4, 0.5) is 10.1 Å². The zero-order valence-corrected chi connectivity index (χ0v) is 13.7. The van der Waals surface area contributed by atoms with Gasteiger partial charge >= 0.3 is 0 Å². The van der Waals surface area contributed by atoms with Crippen molar-refractivity contribution in [3.05, 3.63) is 59.5 Å². The predicted molar refractivity (Wildman–Crippen MR) is 88.7 cm³/mol. The van der Waals surface area contributed by atoms with E-state index in [1.807, 2.05) is 6.07 Å². The summed E-state index contributed by atoms with van der Waals surface area (Å²) in [7, 11) is 0. The molecule has 1 atom stereocenters. The van der Waals surface area contributed by atoms with Gasteiger partial charge in [0.05, 0.1) is 16.6 Å². The number of carbonyl (C=O) groups excluding carboxylic acids is 1. The monoisotopic (exact) mass is 358 g/mol. The summed E-state index contributed by atoms with van der Waals surface area (Å²) in [5, 5.41) is 3.91. The number of aromatic nitrogens is 3. The van der Waals surface area contributed by atoms with Gasteiger partial charge in [-0.15, -0.1) is 0 Å². The van der Waals surface area contributed by atoms with Gasteiger partial charge in [0.2, 0.25) is 17.6 Å². The van der Waals surface area contributed by atoms with Crippen molar-refractivity contribution in [2.75, 3.05) is 11.4 Å². The number of benzene rings is 1. The highest BCUT2D eigenvalue weighted by Crippen LogP contribution is 2.34. The number of halogens is 2. The maximum absolute atomic E-state index is 14.2. The quantitative estimate of drug-likeness (QED) is 0.717. The van der Waals surface area contributed by atoms with E-state index in [1.54, 1.807) is 24.5 Å². The van der Waals surface area contributed by atoms with Gasteiger partial charge in [0, 0.05) is 30.9 Å². The van der Waals surface area contributed by atoms with Crippen LogP contribution in [0.2, 0.25) is 5.02 Å². The van der Waals surface area contributed by atoms with Gasteiger partial charge in [-0.25, -0.2) is 4.39 Å². The van der Waals surface area contributed by atoms with E-state index in [0.29, 0.717) is 11.7 Å². The Labute approximate surface area is 147 Å². The van der Waals surface area contributed by atoms with Gasteiger partial charge in [0.1, 0.15) is 0 Å². The molecule has 8 heteroatoms. The van der Waals surface area contributed by atoms with Crippen molar-refractivity contribution in [1.29, 1.82) is 0 Å². The van der Waals surface area contributed by atoms with Gasteiger partial charge < -0.3 is 9.42 Å². The van der Waals surface area contributed by atoms with Crippen LogP contribution >= 0.6 is 11.6 Å². The number of carbonyl (C=O) groups is 1. The van der Waals surface area contributed by atoms with E-state index in [2.05, 4.69) is 15.1 Å². The number of pyridine rings is 1. The Hall–Kier alpha value is -2.80. The number of anilines is 1. The maximum atomic E-state index is 14.2. The third-order valence-corrected chi connectivity index (χ3v) is 4.35. The predicted octanol–water partition coefficient (Wildman–Crippen LogP) is 3.44. The minimum absolute atomic E-state index is 0.0228. The summed E-state index contributed by atoms with van der Waals surface area (Å²) in [4.78, 5) is 22.0. The summed E-state index contributed by atoms with van der Waals surface area (Å²) >= 11 is 5.80. The van der Waals surface area contributed by atoms with Crippen LogP contribution in [0.15, 0.2) is 47.2 Å². The van der Waals surface area contributed by atoms with E-state index < -0.39 is 5.82 Å². The highest BCUT2D eigenvalue weighted by molar-refractivity contribution is 6.31. The average molecular weight is 359 g/mol. The van der Waals surface area contributed by atoms with Crippen LogP contribution < -0.4 is 4.90 Å². The van der Waals surface area contributed by atoms with Gasteiger partial charge in [-0.1, -0.05) is 22.8 Å². The molecule has 0 spiro atoms. The fraction of sp³-hybridized carbons (Fsp3) is 0.176. The topological polar surface area (TPSA) is 72.1 Å². The Balaban J connectivity index is 1.59. The highest BCUT2D eigenvalue weighted by Gasteiger charge is 2.36. The number of rotatable bonds is 3. The van der Waals surface area contributed by atoms with Crippen molar-refractivity contribution in [3.63, 3.8) is 0 Å². The first-order chi connectivity index (χ1) is 12.1. The number of amides is 1. The summed E-state index contributed by atoms with van der Waals surface area (Å²) in [5.41, 5.74) is 0.881.